The number of nitrogens with one attached hydrogen (secondary N) is 1. The van der Waals surface area contributed by atoms with Gasteiger partial charge in [-0.05, 0) is 37.0 Å². The number of hydrogen-bond acceptors (Lipinski definition) is 2. The average Bonchev–Trinajstić information content (AvgIpc) is 2.65. The summed E-state index contributed by atoms with van der Waals surface area (Å²) in [4.78, 5) is 25.6. The van der Waals surface area contributed by atoms with Crippen LogP contribution in [0.5, 0.6) is 0 Å². The second-order valence-electron chi connectivity index (χ2n) is 6.59. The lowest BCUT2D eigenvalue weighted by Gasteiger charge is -2.21. The Kier molecular flexibility index (Phi) is 3.88. The van der Waals surface area contributed by atoms with Crippen LogP contribution >= 0.6 is 0 Å². The number of amides is 1. The van der Waals surface area contributed by atoms with Crippen LogP contribution in [0.3, 0.4) is 0 Å². The molecule has 1 amide bonds. The molecule has 0 bridgehead atoms. The fraction of sp³-hybridized carbons (Fsp3) is 0.238. The van der Waals surface area contributed by atoms with Gasteiger partial charge in [-0.2, -0.15) is 0 Å². The number of aromatic nitrogens is 1. The Morgan fingerprint density at radius 1 is 1.12 bits per heavy atom. The molecule has 1 atom stereocenters. The normalized spacial score (nSPS) is 14.3. The van der Waals surface area contributed by atoms with Crippen LogP contribution < -0.4 is 10.7 Å². The van der Waals surface area contributed by atoms with Gasteiger partial charge in [-0.15, -0.1) is 0 Å². The quantitative estimate of drug-likeness (QED) is 0.799. The van der Waals surface area contributed by atoms with Gasteiger partial charge in [0.05, 0.1) is 11.6 Å². The summed E-state index contributed by atoms with van der Waals surface area (Å²) < 4.78 is 2.05. The molecule has 0 saturated heterocycles. The Bertz CT molecular complexity index is 1010. The summed E-state index contributed by atoms with van der Waals surface area (Å²) in [5, 5.41) is 3.59. The third-order valence-electron chi connectivity index (χ3n) is 4.92. The minimum atomic E-state index is -0.317. The number of carbonyl (C=O) groups is 1. The molecular formula is C21H20N2O2. The van der Waals surface area contributed by atoms with Crippen LogP contribution in [-0.2, 0) is 13.0 Å². The highest BCUT2D eigenvalue weighted by molar-refractivity contribution is 5.98. The minimum absolute atomic E-state index is 0.156. The van der Waals surface area contributed by atoms with Gasteiger partial charge in [0, 0.05) is 18.1 Å². The lowest BCUT2D eigenvalue weighted by molar-refractivity contribution is 0.0938. The summed E-state index contributed by atoms with van der Waals surface area (Å²) in [5.41, 5.74) is 3.21. The van der Waals surface area contributed by atoms with Crippen LogP contribution in [0, 0.1) is 0 Å². The maximum atomic E-state index is 12.9. The highest BCUT2D eigenvalue weighted by Gasteiger charge is 2.20. The van der Waals surface area contributed by atoms with Crippen molar-refractivity contribution in [3.8, 4) is 0 Å². The second-order valence-corrected chi connectivity index (χ2v) is 6.59. The molecular weight excluding hydrogens is 312 g/mol. The highest BCUT2D eigenvalue weighted by Crippen LogP contribution is 2.23. The Labute approximate surface area is 146 Å². The molecule has 0 radical (unpaired) electrons. The molecule has 1 N–H and O–H groups in total. The molecule has 1 aromatic heterocycles. The van der Waals surface area contributed by atoms with Gasteiger partial charge in [0.15, 0.2) is 0 Å². The zero-order chi connectivity index (χ0) is 17.4. The summed E-state index contributed by atoms with van der Waals surface area (Å²) in [6, 6.07) is 15.4. The van der Waals surface area contributed by atoms with Crippen molar-refractivity contribution >= 4 is 16.8 Å². The van der Waals surface area contributed by atoms with Gasteiger partial charge >= 0.3 is 0 Å². The predicted molar refractivity (Wildman–Crippen MR) is 98.9 cm³/mol. The number of pyridine rings is 1. The van der Waals surface area contributed by atoms with Gasteiger partial charge in [0.25, 0.3) is 5.91 Å². The minimum Gasteiger partial charge on any atom is -0.346 e. The van der Waals surface area contributed by atoms with E-state index in [1.807, 2.05) is 49.4 Å². The fourth-order valence-electron chi connectivity index (χ4n) is 3.62. The standard InChI is InChI=1S/C21H20N2O2/c1-14(15-7-3-2-4-8-15)22-21(25)18-13-23-12-6-10-16-9-5-11-17(19(16)23)20(18)24/h2-5,7-9,11,13-14H,6,10,12H2,1H3,(H,22,25). The van der Waals surface area contributed by atoms with E-state index in [0.717, 1.165) is 30.5 Å². The Hall–Kier alpha value is -2.88. The molecule has 1 aliphatic rings. The van der Waals surface area contributed by atoms with Crippen LogP contribution in [0.25, 0.3) is 10.9 Å². The van der Waals surface area contributed by atoms with E-state index in [1.165, 1.54) is 5.56 Å². The number of aryl methyl sites for hydroxylation is 2. The largest absolute Gasteiger partial charge is 0.346 e. The molecule has 4 rings (SSSR count). The van der Waals surface area contributed by atoms with E-state index in [9.17, 15) is 9.59 Å². The van der Waals surface area contributed by atoms with Crippen molar-refractivity contribution in [2.24, 2.45) is 0 Å². The van der Waals surface area contributed by atoms with Crippen molar-refractivity contribution in [2.45, 2.75) is 32.4 Å². The van der Waals surface area contributed by atoms with Gasteiger partial charge in [0.2, 0.25) is 5.43 Å². The molecule has 2 heterocycles. The van der Waals surface area contributed by atoms with Crippen molar-refractivity contribution in [3.63, 3.8) is 0 Å². The molecule has 1 aliphatic heterocycles. The van der Waals surface area contributed by atoms with Gasteiger partial charge in [-0.25, -0.2) is 0 Å². The number of benzene rings is 2. The number of nitrogens with zero attached hydrogens (tertiary/aromatic N) is 1. The maximum Gasteiger partial charge on any atom is 0.257 e. The number of para-hydroxylation sites is 1. The van der Waals surface area contributed by atoms with E-state index < -0.39 is 0 Å². The molecule has 126 valence electrons. The van der Waals surface area contributed by atoms with E-state index in [-0.39, 0.29) is 22.9 Å². The monoisotopic (exact) mass is 332 g/mol. The van der Waals surface area contributed by atoms with Gasteiger partial charge in [-0.3, -0.25) is 9.59 Å². The molecule has 0 saturated carbocycles. The van der Waals surface area contributed by atoms with Gasteiger partial charge in [-0.1, -0.05) is 42.5 Å². The summed E-state index contributed by atoms with van der Waals surface area (Å²) in [6.07, 6.45) is 3.73. The molecule has 4 nitrogen and oxygen atoms in total. The predicted octanol–water partition coefficient (Wildman–Crippen LogP) is 3.44. The molecule has 2 aromatic carbocycles. The molecule has 0 aliphatic carbocycles. The molecule has 3 aromatic rings. The molecule has 1 unspecified atom stereocenters. The lowest BCUT2D eigenvalue weighted by Crippen LogP contribution is -2.32. The average molecular weight is 332 g/mol. The third kappa shape index (κ3) is 2.74. The van der Waals surface area contributed by atoms with E-state index in [2.05, 4.69) is 16.0 Å². The van der Waals surface area contributed by atoms with Gasteiger partial charge < -0.3 is 9.88 Å². The zero-order valence-electron chi connectivity index (χ0n) is 14.2. The first-order valence-electron chi connectivity index (χ1n) is 8.66. The molecule has 4 heteroatoms. The first kappa shape index (κ1) is 15.6. The van der Waals surface area contributed by atoms with E-state index in [1.54, 1.807) is 6.20 Å². The summed E-state index contributed by atoms with van der Waals surface area (Å²) >= 11 is 0. The highest BCUT2D eigenvalue weighted by atomic mass is 16.2. The van der Waals surface area contributed by atoms with Crippen molar-refractivity contribution in [1.82, 2.24) is 9.88 Å². The van der Waals surface area contributed by atoms with Crippen molar-refractivity contribution in [2.75, 3.05) is 0 Å². The van der Waals surface area contributed by atoms with Crippen molar-refractivity contribution in [3.05, 3.63) is 81.6 Å². The van der Waals surface area contributed by atoms with Gasteiger partial charge in [0.1, 0.15) is 5.56 Å². The SMILES string of the molecule is CC(NC(=O)c1cn2c3c(cccc3c1=O)CCC2)c1ccccc1. The fourth-order valence-corrected chi connectivity index (χ4v) is 3.62. The topological polar surface area (TPSA) is 51.1 Å². The lowest BCUT2D eigenvalue weighted by atomic mass is 9.99. The number of carbonyl (C=O) groups excluding carboxylic acids is 1. The summed E-state index contributed by atoms with van der Waals surface area (Å²) in [7, 11) is 0. The zero-order valence-corrected chi connectivity index (χ0v) is 14.2. The maximum absolute atomic E-state index is 12.9. The van der Waals surface area contributed by atoms with E-state index in [0.29, 0.717) is 5.39 Å². The van der Waals surface area contributed by atoms with Crippen LogP contribution in [0.4, 0.5) is 0 Å². The van der Waals surface area contributed by atoms with Crippen LogP contribution in [0.1, 0.15) is 40.9 Å². The molecule has 25 heavy (non-hydrogen) atoms. The van der Waals surface area contributed by atoms with Crippen LogP contribution in [0.2, 0.25) is 0 Å². The smallest absolute Gasteiger partial charge is 0.257 e. The Morgan fingerprint density at radius 2 is 1.92 bits per heavy atom. The third-order valence-corrected chi connectivity index (χ3v) is 4.92. The Morgan fingerprint density at radius 3 is 2.72 bits per heavy atom. The van der Waals surface area contributed by atoms with Crippen LogP contribution in [0.15, 0.2) is 59.5 Å². The van der Waals surface area contributed by atoms with Crippen molar-refractivity contribution < 1.29 is 4.79 Å². The van der Waals surface area contributed by atoms with E-state index in [4.69, 9.17) is 0 Å². The molecule has 0 fully saturated rings. The van der Waals surface area contributed by atoms with E-state index >= 15 is 0 Å². The first-order chi connectivity index (χ1) is 12.1. The second kappa shape index (κ2) is 6.20. The summed E-state index contributed by atoms with van der Waals surface area (Å²) in [5.74, 6) is -0.317. The number of hydrogen-bond donors (Lipinski definition) is 1. The van der Waals surface area contributed by atoms with Crippen LogP contribution in [-0.4, -0.2) is 10.5 Å². The van der Waals surface area contributed by atoms with Crippen molar-refractivity contribution in [1.29, 1.82) is 0 Å². The number of rotatable bonds is 3. The first-order valence-corrected chi connectivity index (χ1v) is 8.66. The Balaban J connectivity index is 1.73. The summed E-state index contributed by atoms with van der Waals surface area (Å²) in [6.45, 7) is 2.76. The molecule has 0 spiro atoms.